The Kier molecular flexibility index (Phi) is 4.93. The van der Waals surface area contributed by atoms with Crippen molar-refractivity contribution in [3.05, 3.63) is 52.6 Å². The molecule has 3 rings (SSSR count). The summed E-state index contributed by atoms with van der Waals surface area (Å²) < 4.78 is 17.0. The molecule has 0 fully saturated rings. The van der Waals surface area contributed by atoms with Crippen LogP contribution in [0.4, 0.5) is 0 Å². The van der Waals surface area contributed by atoms with E-state index in [2.05, 4.69) is 0 Å². The van der Waals surface area contributed by atoms with E-state index in [9.17, 15) is 24.4 Å². The Labute approximate surface area is 153 Å². The number of hydrogen-bond acceptors (Lipinski definition) is 5. The number of aromatic hydroxyl groups is 1. The van der Waals surface area contributed by atoms with Crippen molar-refractivity contribution >= 4 is 22.9 Å². The Balaban J connectivity index is 2.11. The van der Waals surface area contributed by atoms with Gasteiger partial charge in [-0.1, -0.05) is 0 Å². The van der Waals surface area contributed by atoms with Gasteiger partial charge < -0.3 is 19.5 Å². The Morgan fingerprint density at radius 2 is 1.92 bits per heavy atom. The van der Waals surface area contributed by atoms with Crippen molar-refractivity contribution in [3.63, 3.8) is 0 Å². The minimum absolute atomic E-state index is 0.0199. The maximum absolute atomic E-state index is 13.0. The first-order valence-corrected chi connectivity index (χ1v) is 9.59. The van der Waals surface area contributed by atoms with Crippen LogP contribution in [0.3, 0.4) is 0 Å². The van der Waals surface area contributed by atoms with Gasteiger partial charge in [0.25, 0.3) is 0 Å². The first-order valence-electron chi connectivity index (χ1n) is 8.03. The summed E-state index contributed by atoms with van der Waals surface area (Å²) in [5.41, 5.74) is 1.18. The van der Waals surface area contributed by atoms with Crippen LogP contribution in [0, 0.1) is 0 Å². The zero-order valence-corrected chi connectivity index (χ0v) is 15.1. The van der Waals surface area contributed by atoms with E-state index in [1.54, 1.807) is 24.5 Å². The third kappa shape index (κ3) is 3.15. The number of ketones is 1. The number of phenols is 1. The molecule has 2 unspecified atom stereocenters. The molecule has 0 saturated heterocycles. The number of carboxylic acid groups (broad SMARTS) is 1. The topological polar surface area (TPSA) is 107 Å². The number of carbonyl (C=O) groups is 2. The number of hydrogen-bond donors (Lipinski definition) is 2. The van der Waals surface area contributed by atoms with Crippen LogP contribution in [-0.4, -0.2) is 39.4 Å². The van der Waals surface area contributed by atoms with Gasteiger partial charge in [-0.2, -0.15) is 0 Å². The molecule has 7 heteroatoms. The number of aliphatic carboxylic acids is 1. The minimum atomic E-state index is -1.16. The molecule has 136 valence electrons. The van der Waals surface area contributed by atoms with Crippen molar-refractivity contribution in [2.75, 3.05) is 12.9 Å². The van der Waals surface area contributed by atoms with Gasteiger partial charge in [-0.3, -0.25) is 9.59 Å². The van der Waals surface area contributed by atoms with Crippen LogP contribution in [-0.2, 0) is 22.4 Å². The van der Waals surface area contributed by atoms with E-state index in [0.717, 1.165) is 0 Å². The summed E-state index contributed by atoms with van der Waals surface area (Å²) in [6.45, 7) is 1.83. The maximum Gasteiger partial charge on any atom is 0.310 e. The highest BCUT2D eigenvalue weighted by Crippen LogP contribution is 2.42. The quantitative estimate of drug-likeness (QED) is 0.615. The second-order valence-corrected chi connectivity index (χ2v) is 7.52. The lowest BCUT2D eigenvalue weighted by atomic mass is 9.90. The third-order valence-corrected chi connectivity index (χ3v) is 5.42. The fraction of sp³-hybridized carbons (Fsp3) is 0.263. The fourth-order valence-electron chi connectivity index (χ4n) is 2.96. The molecular formula is C19H18O6S. The van der Waals surface area contributed by atoms with Crippen molar-refractivity contribution in [2.45, 2.75) is 24.2 Å². The van der Waals surface area contributed by atoms with Crippen LogP contribution in [0.2, 0.25) is 0 Å². The highest BCUT2D eigenvalue weighted by atomic mass is 32.2. The molecule has 26 heavy (non-hydrogen) atoms. The van der Waals surface area contributed by atoms with Gasteiger partial charge in [0.1, 0.15) is 23.3 Å². The number of carboxylic acids is 1. The fourth-order valence-corrected chi connectivity index (χ4v) is 3.48. The number of carbonyl (C=O) groups excluding carboxylic acids is 1. The van der Waals surface area contributed by atoms with Gasteiger partial charge in [-0.05, 0) is 54.0 Å². The second kappa shape index (κ2) is 7.01. The lowest BCUT2D eigenvalue weighted by Gasteiger charge is -2.16. The molecule has 2 N–H and O–H groups in total. The van der Waals surface area contributed by atoms with Gasteiger partial charge in [0.15, 0.2) is 4.90 Å². The largest absolute Gasteiger partial charge is 0.612 e. The normalized spacial score (nSPS) is 15.0. The molecule has 0 aliphatic carbocycles. The van der Waals surface area contributed by atoms with E-state index >= 15 is 0 Å². The first kappa shape index (κ1) is 18.3. The number of phenolic OH excluding ortho intramolecular Hbond substituents is 1. The van der Waals surface area contributed by atoms with E-state index in [1.807, 2.05) is 0 Å². The molecule has 2 aromatic carbocycles. The number of rotatable bonds is 5. The molecule has 6 nitrogen and oxygen atoms in total. The molecule has 2 aromatic rings. The molecule has 0 spiro atoms. The lowest BCUT2D eigenvalue weighted by Crippen LogP contribution is -2.11. The van der Waals surface area contributed by atoms with Crippen LogP contribution in [0.1, 0.15) is 39.9 Å². The highest BCUT2D eigenvalue weighted by Gasteiger charge is 2.31. The van der Waals surface area contributed by atoms with Gasteiger partial charge >= 0.3 is 5.97 Å². The van der Waals surface area contributed by atoms with Gasteiger partial charge in [-0.15, -0.1) is 0 Å². The van der Waals surface area contributed by atoms with Crippen LogP contribution < -0.4 is 4.74 Å². The summed E-state index contributed by atoms with van der Waals surface area (Å²) in [4.78, 5) is 24.9. The maximum atomic E-state index is 13.0. The predicted molar refractivity (Wildman–Crippen MR) is 95.6 cm³/mol. The molecule has 0 aromatic heterocycles. The first-order chi connectivity index (χ1) is 12.3. The zero-order valence-electron chi connectivity index (χ0n) is 14.3. The van der Waals surface area contributed by atoms with Crippen molar-refractivity contribution in [1.29, 1.82) is 0 Å². The Morgan fingerprint density at radius 1 is 1.27 bits per heavy atom. The van der Waals surface area contributed by atoms with Gasteiger partial charge in [0, 0.05) is 17.5 Å². The van der Waals surface area contributed by atoms with Crippen LogP contribution in [0.25, 0.3) is 0 Å². The van der Waals surface area contributed by atoms with Crippen LogP contribution in [0.5, 0.6) is 11.5 Å². The monoisotopic (exact) mass is 374 g/mol. The third-order valence-electron chi connectivity index (χ3n) is 4.49. The molecule has 2 atom stereocenters. The zero-order chi connectivity index (χ0) is 19.0. The summed E-state index contributed by atoms with van der Waals surface area (Å²) in [5.74, 6) is -2.58. The molecule has 0 saturated carbocycles. The Hall–Kier alpha value is -2.51. The number of fused-ring (bicyclic) bond motifs is 1. The molecule has 1 heterocycles. The number of ether oxygens (including phenoxy) is 1. The Bertz CT molecular complexity index is 873. The SMILES string of the molecule is CC(C(=O)O)c1cc2c(c(C(=O)c3ccc([S+](C)[O-])cc3)c1O)OCC2. The van der Waals surface area contributed by atoms with Gasteiger partial charge in [-0.25, -0.2) is 0 Å². The van der Waals surface area contributed by atoms with Crippen molar-refractivity contribution in [2.24, 2.45) is 0 Å². The minimum Gasteiger partial charge on any atom is -0.612 e. The summed E-state index contributed by atoms with van der Waals surface area (Å²) >= 11 is -1.16. The molecule has 0 radical (unpaired) electrons. The van der Waals surface area contributed by atoms with E-state index < -0.39 is 28.8 Å². The lowest BCUT2D eigenvalue weighted by molar-refractivity contribution is -0.138. The van der Waals surface area contributed by atoms with E-state index in [4.69, 9.17) is 4.74 Å². The smallest absolute Gasteiger partial charge is 0.310 e. The summed E-state index contributed by atoms with van der Waals surface area (Å²) in [5, 5.41) is 19.9. The van der Waals surface area contributed by atoms with Gasteiger partial charge in [0.2, 0.25) is 5.78 Å². The van der Waals surface area contributed by atoms with Crippen molar-refractivity contribution in [1.82, 2.24) is 0 Å². The molecular weight excluding hydrogens is 356 g/mol. The average Bonchev–Trinajstić information content (AvgIpc) is 3.08. The summed E-state index contributed by atoms with van der Waals surface area (Å²) in [7, 11) is 0. The molecule has 0 bridgehead atoms. The van der Waals surface area contributed by atoms with Crippen LogP contribution in [0.15, 0.2) is 35.2 Å². The van der Waals surface area contributed by atoms with E-state index in [-0.39, 0.29) is 16.9 Å². The highest BCUT2D eigenvalue weighted by molar-refractivity contribution is 7.90. The molecule has 1 aliphatic rings. The summed E-state index contributed by atoms with van der Waals surface area (Å²) in [6.07, 6.45) is 2.09. The average molecular weight is 374 g/mol. The van der Waals surface area contributed by atoms with E-state index in [0.29, 0.717) is 34.8 Å². The Morgan fingerprint density at radius 3 is 2.50 bits per heavy atom. The summed E-state index contributed by atoms with van der Waals surface area (Å²) in [6, 6.07) is 7.84. The van der Waals surface area contributed by atoms with Gasteiger partial charge in [0.05, 0.1) is 12.5 Å². The van der Waals surface area contributed by atoms with Crippen molar-refractivity contribution < 1.29 is 29.1 Å². The number of benzene rings is 2. The standard InChI is InChI=1S/C19H18O6S/c1-10(19(22)23)14-9-12-7-8-25-18(12)15(17(14)21)16(20)11-3-5-13(6-4-11)26(2)24/h3-6,9-10,21H,7-8H2,1-2H3,(H,22,23). The van der Waals surface area contributed by atoms with Crippen molar-refractivity contribution in [3.8, 4) is 11.5 Å². The van der Waals surface area contributed by atoms with Crippen LogP contribution >= 0.6 is 0 Å². The predicted octanol–water partition coefficient (Wildman–Crippen LogP) is 2.48. The molecule has 0 amide bonds. The van der Waals surface area contributed by atoms with E-state index in [1.165, 1.54) is 19.1 Å². The second-order valence-electron chi connectivity index (χ2n) is 6.14. The molecule has 1 aliphatic heterocycles.